The number of piperidine rings is 1. The second kappa shape index (κ2) is 7.71. The summed E-state index contributed by atoms with van der Waals surface area (Å²) in [5.41, 5.74) is 1.23. The van der Waals surface area contributed by atoms with Gasteiger partial charge in [-0.15, -0.1) is 0 Å². The van der Waals surface area contributed by atoms with Gasteiger partial charge in [-0.3, -0.25) is 4.90 Å². The van der Waals surface area contributed by atoms with Crippen molar-refractivity contribution in [2.45, 2.75) is 57.8 Å². The Kier molecular flexibility index (Phi) is 5.55. The van der Waals surface area contributed by atoms with Gasteiger partial charge in [-0.2, -0.15) is 0 Å². The van der Waals surface area contributed by atoms with E-state index in [1.54, 1.807) is 7.11 Å². The van der Waals surface area contributed by atoms with Crippen LogP contribution in [0, 0.1) is 11.3 Å². The van der Waals surface area contributed by atoms with Gasteiger partial charge in [0, 0.05) is 19.1 Å². The molecule has 0 aliphatic carbocycles. The van der Waals surface area contributed by atoms with Gasteiger partial charge in [-0.05, 0) is 53.9 Å². The van der Waals surface area contributed by atoms with Crippen molar-refractivity contribution in [3.8, 4) is 11.5 Å². The molecule has 3 aliphatic heterocycles. The predicted molar refractivity (Wildman–Crippen MR) is 109 cm³/mol. The van der Waals surface area contributed by atoms with Crippen LogP contribution in [0.5, 0.6) is 11.5 Å². The summed E-state index contributed by atoms with van der Waals surface area (Å²) in [4.78, 5) is 2.51. The van der Waals surface area contributed by atoms with E-state index in [9.17, 15) is 9.50 Å². The number of aliphatic hydroxyl groups excluding tert-OH is 1. The van der Waals surface area contributed by atoms with Crippen molar-refractivity contribution < 1.29 is 23.7 Å². The molecule has 0 spiro atoms. The van der Waals surface area contributed by atoms with Crippen LogP contribution in [0.4, 0.5) is 4.39 Å². The van der Waals surface area contributed by atoms with Crippen molar-refractivity contribution in [1.82, 2.24) is 4.90 Å². The Balaban J connectivity index is 1.52. The Labute approximate surface area is 173 Å². The number of hydrogen-bond acceptors (Lipinski definition) is 5. The van der Waals surface area contributed by atoms with E-state index in [0.717, 1.165) is 32.4 Å². The first-order chi connectivity index (χ1) is 13.7. The summed E-state index contributed by atoms with van der Waals surface area (Å²) >= 11 is 0. The summed E-state index contributed by atoms with van der Waals surface area (Å²) in [6.07, 6.45) is 2.39. The highest BCUT2D eigenvalue weighted by atomic mass is 19.1. The third kappa shape index (κ3) is 4.39. The monoisotopic (exact) mass is 407 g/mol. The fraction of sp³-hybridized carbons (Fsp3) is 0.739. The molecule has 5 nitrogen and oxygen atoms in total. The van der Waals surface area contributed by atoms with Gasteiger partial charge < -0.3 is 19.3 Å². The molecule has 1 N–H and O–H groups in total. The number of fused-ring (bicyclic) bond motifs is 3. The van der Waals surface area contributed by atoms with Crippen molar-refractivity contribution in [3.05, 3.63) is 23.3 Å². The molecule has 0 radical (unpaired) electrons. The van der Waals surface area contributed by atoms with E-state index in [1.807, 2.05) is 12.1 Å². The lowest BCUT2D eigenvalue weighted by molar-refractivity contribution is -0.146. The van der Waals surface area contributed by atoms with Crippen LogP contribution < -0.4 is 9.47 Å². The molecule has 0 amide bonds. The molecule has 29 heavy (non-hydrogen) atoms. The van der Waals surface area contributed by atoms with Gasteiger partial charge in [0.2, 0.25) is 0 Å². The fourth-order valence-electron chi connectivity index (χ4n) is 4.97. The maximum atomic E-state index is 14.3. The number of rotatable bonds is 5. The second-order valence-electron chi connectivity index (χ2n) is 10.2. The summed E-state index contributed by atoms with van der Waals surface area (Å²) in [6, 6.07) is 4.23. The molecule has 1 aromatic carbocycles. The number of alkyl halides is 1. The lowest BCUT2D eigenvalue weighted by atomic mass is 9.75. The van der Waals surface area contributed by atoms with E-state index in [0.29, 0.717) is 17.4 Å². The van der Waals surface area contributed by atoms with Crippen LogP contribution in [0.1, 0.15) is 50.8 Å². The number of hydrogen-bond donors (Lipinski definition) is 1. The quantitative estimate of drug-likeness (QED) is 0.809. The van der Waals surface area contributed by atoms with E-state index in [2.05, 4.69) is 25.7 Å². The lowest BCUT2D eigenvalue weighted by Gasteiger charge is -2.47. The average molecular weight is 408 g/mol. The molecule has 2 saturated heterocycles. The molecule has 3 atom stereocenters. The Morgan fingerprint density at radius 1 is 1.28 bits per heavy atom. The highest BCUT2D eigenvalue weighted by Gasteiger charge is 2.41. The Morgan fingerprint density at radius 2 is 2.03 bits per heavy atom. The normalized spacial score (nSPS) is 28.8. The van der Waals surface area contributed by atoms with Crippen LogP contribution in [-0.2, 0) is 11.2 Å². The summed E-state index contributed by atoms with van der Waals surface area (Å²) < 4.78 is 30.6. The molecule has 1 aromatic rings. The summed E-state index contributed by atoms with van der Waals surface area (Å²) in [5.74, 6) is 1.52. The highest BCUT2D eigenvalue weighted by molar-refractivity contribution is 5.49. The van der Waals surface area contributed by atoms with Crippen molar-refractivity contribution in [2.75, 3.05) is 40.0 Å². The Morgan fingerprint density at radius 3 is 2.66 bits per heavy atom. The van der Waals surface area contributed by atoms with Crippen LogP contribution in [0.25, 0.3) is 0 Å². The SMILES string of the molecule is COc1cc2c(cc1OCC1(F)COC1)CCN1C[C@@H](CC(C)(C)C)[C@H](O)C[C@H]21. The van der Waals surface area contributed by atoms with Gasteiger partial charge in [0.15, 0.2) is 17.2 Å². The number of halogens is 1. The minimum absolute atomic E-state index is 0.0229. The Hall–Kier alpha value is -1.37. The van der Waals surface area contributed by atoms with Crippen LogP contribution in [0.15, 0.2) is 12.1 Å². The first kappa shape index (κ1) is 20.9. The topological polar surface area (TPSA) is 51.2 Å². The van der Waals surface area contributed by atoms with Gasteiger partial charge in [0.25, 0.3) is 0 Å². The molecule has 2 fully saturated rings. The van der Waals surface area contributed by atoms with Crippen LogP contribution >= 0.6 is 0 Å². The van der Waals surface area contributed by atoms with Crippen LogP contribution in [0.2, 0.25) is 0 Å². The molecule has 3 heterocycles. The van der Waals surface area contributed by atoms with Gasteiger partial charge in [-0.1, -0.05) is 20.8 Å². The minimum atomic E-state index is -1.40. The zero-order valence-electron chi connectivity index (χ0n) is 18.0. The third-order valence-electron chi connectivity index (χ3n) is 6.45. The molecule has 3 aliphatic rings. The van der Waals surface area contributed by atoms with Crippen LogP contribution in [-0.4, -0.2) is 61.8 Å². The third-order valence-corrected chi connectivity index (χ3v) is 6.45. The predicted octanol–water partition coefficient (Wildman–Crippen LogP) is 3.53. The number of ether oxygens (including phenoxy) is 3. The van der Waals surface area contributed by atoms with E-state index in [4.69, 9.17) is 14.2 Å². The molecule has 162 valence electrons. The summed E-state index contributed by atoms with van der Waals surface area (Å²) in [7, 11) is 1.61. The molecule has 4 rings (SSSR count). The van der Waals surface area contributed by atoms with Crippen molar-refractivity contribution in [1.29, 1.82) is 0 Å². The van der Waals surface area contributed by atoms with Gasteiger partial charge in [0.1, 0.15) is 6.61 Å². The van der Waals surface area contributed by atoms with E-state index in [1.165, 1.54) is 11.1 Å². The molecular formula is C23H34FNO4. The maximum absolute atomic E-state index is 14.3. The standard InChI is InChI=1S/C23H34FNO4/c1-22(2,3)10-16-11-25-6-5-15-7-21(29-14-23(24)12-28-13-23)20(27-4)8-17(15)18(25)9-19(16)26/h7-8,16,18-19,26H,5-6,9-14H2,1-4H3/t16-,18-,19-/m1/s1. The molecular weight excluding hydrogens is 373 g/mol. The van der Waals surface area contributed by atoms with E-state index < -0.39 is 5.67 Å². The Bertz CT molecular complexity index is 743. The van der Waals surface area contributed by atoms with Gasteiger partial charge in [0.05, 0.1) is 26.4 Å². The van der Waals surface area contributed by atoms with Gasteiger partial charge in [-0.25, -0.2) is 4.39 Å². The zero-order valence-corrected chi connectivity index (χ0v) is 18.0. The smallest absolute Gasteiger partial charge is 0.190 e. The molecule has 0 unspecified atom stereocenters. The largest absolute Gasteiger partial charge is 0.493 e. The number of methoxy groups -OCH3 is 1. The molecule has 0 bridgehead atoms. The van der Waals surface area contributed by atoms with Crippen molar-refractivity contribution in [2.24, 2.45) is 11.3 Å². The first-order valence-electron chi connectivity index (χ1n) is 10.7. The number of aliphatic hydroxyl groups is 1. The van der Waals surface area contributed by atoms with E-state index >= 15 is 0 Å². The zero-order chi connectivity index (χ0) is 20.8. The first-order valence-corrected chi connectivity index (χ1v) is 10.7. The average Bonchev–Trinajstić information content (AvgIpc) is 2.63. The van der Waals surface area contributed by atoms with Crippen LogP contribution in [0.3, 0.4) is 0 Å². The highest BCUT2D eigenvalue weighted by Crippen LogP contribution is 2.44. The second-order valence-corrected chi connectivity index (χ2v) is 10.2. The number of nitrogens with zero attached hydrogens (tertiary/aromatic N) is 1. The van der Waals surface area contributed by atoms with Crippen molar-refractivity contribution >= 4 is 0 Å². The summed E-state index contributed by atoms with van der Waals surface area (Å²) in [6.45, 7) is 8.76. The molecule has 0 saturated carbocycles. The van der Waals surface area contributed by atoms with E-state index in [-0.39, 0.29) is 37.4 Å². The fourth-order valence-corrected chi connectivity index (χ4v) is 4.97. The maximum Gasteiger partial charge on any atom is 0.190 e. The minimum Gasteiger partial charge on any atom is -0.493 e. The van der Waals surface area contributed by atoms with Gasteiger partial charge >= 0.3 is 0 Å². The molecule has 6 heteroatoms. The lowest BCUT2D eigenvalue weighted by Crippen LogP contribution is -2.50. The number of benzene rings is 1. The molecule has 0 aromatic heterocycles. The van der Waals surface area contributed by atoms with Crippen molar-refractivity contribution in [3.63, 3.8) is 0 Å². The summed E-state index contributed by atoms with van der Waals surface area (Å²) in [5, 5.41) is 10.8.